The Hall–Kier alpha value is -3.60. The van der Waals surface area contributed by atoms with Crippen LogP contribution in [-0.4, -0.2) is 41.8 Å². The summed E-state index contributed by atoms with van der Waals surface area (Å²) in [4.78, 5) is 26.2. The topological polar surface area (TPSA) is 66.8 Å². The number of ether oxygens (including phenoxy) is 1. The molecule has 5 heteroatoms. The van der Waals surface area contributed by atoms with Gasteiger partial charge in [-0.15, -0.1) is 0 Å². The van der Waals surface area contributed by atoms with Crippen LogP contribution in [0.25, 0.3) is 11.1 Å². The number of carbonyl (C=O) groups is 2. The number of rotatable bonds is 4. The van der Waals surface area contributed by atoms with Gasteiger partial charge in [0.1, 0.15) is 6.61 Å². The van der Waals surface area contributed by atoms with Crippen molar-refractivity contribution in [2.24, 2.45) is 5.92 Å². The molecule has 1 N–H and O–H groups in total. The van der Waals surface area contributed by atoms with E-state index in [4.69, 9.17) is 4.74 Å². The third kappa shape index (κ3) is 3.46. The summed E-state index contributed by atoms with van der Waals surface area (Å²) in [6.07, 6.45) is -0.452. The highest BCUT2D eigenvalue weighted by molar-refractivity contribution is 5.79. The summed E-state index contributed by atoms with van der Waals surface area (Å²) in [5.41, 5.74) is 5.60. The van der Waals surface area contributed by atoms with Gasteiger partial charge in [0.05, 0.1) is 5.92 Å². The molecule has 1 aliphatic carbocycles. The molecule has 1 amide bonds. The highest BCUT2D eigenvalue weighted by atomic mass is 16.6. The minimum atomic E-state index is -0.886. The Labute approximate surface area is 180 Å². The van der Waals surface area contributed by atoms with Crippen LogP contribution in [-0.2, 0) is 9.53 Å². The zero-order chi connectivity index (χ0) is 21.4. The molecule has 0 bridgehead atoms. The molecule has 3 aromatic rings. The second-order valence-electron chi connectivity index (χ2n) is 8.17. The summed E-state index contributed by atoms with van der Waals surface area (Å²) in [7, 11) is 0. The SMILES string of the molecule is O=C(O)[C@H]1CN(C(=O)OCC2c3ccccc3-c3ccccc32)C[C@H]1c1ccccc1. The van der Waals surface area contributed by atoms with Gasteiger partial charge < -0.3 is 14.7 Å². The number of hydrogen-bond acceptors (Lipinski definition) is 3. The van der Waals surface area contributed by atoms with Gasteiger partial charge in [0.2, 0.25) is 0 Å². The van der Waals surface area contributed by atoms with Crippen molar-refractivity contribution in [3.05, 3.63) is 95.6 Å². The van der Waals surface area contributed by atoms with E-state index in [1.54, 1.807) is 0 Å². The van der Waals surface area contributed by atoms with E-state index in [2.05, 4.69) is 24.3 Å². The molecule has 2 aliphatic rings. The van der Waals surface area contributed by atoms with Crippen molar-refractivity contribution in [2.45, 2.75) is 11.8 Å². The fourth-order valence-electron chi connectivity index (χ4n) is 4.93. The van der Waals surface area contributed by atoms with Gasteiger partial charge in [0.15, 0.2) is 0 Å². The molecule has 1 fully saturated rings. The molecule has 3 aromatic carbocycles. The van der Waals surface area contributed by atoms with E-state index in [-0.39, 0.29) is 25.0 Å². The molecule has 0 unspecified atom stereocenters. The zero-order valence-corrected chi connectivity index (χ0v) is 17.0. The number of carbonyl (C=O) groups excluding carboxylic acids is 1. The molecule has 1 aliphatic heterocycles. The van der Waals surface area contributed by atoms with Gasteiger partial charge in [-0.05, 0) is 27.8 Å². The van der Waals surface area contributed by atoms with Crippen molar-refractivity contribution in [1.29, 1.82) is 0 Å². The largest absolute Gasteiger partial charge is 0.481 e. The lowest BCUT2D eigenvalue weighted by molar-refractivity contribution is -0.141. The number of benzene rings is 3. The first-order valence-corrected chi connectivity index (χ1v) is 10.5. The van der Waals surface area contributed by atoms with Gasteiger partial charge in [-0.25, -0.2) is 4.79 Å². The van der Waals surface area contributed by atoms with Crippen molar-refractivity contribution < 1.29 is 19.4 Å². The van der Waals surface area contributed by atoms with Crippen molar-refractivity contribution >= 4 is 12.1 Å². The minimum absolute atomic E-state index is 0.0147. The maximum Gasteiger partial charge on any atom is 0.409 e. The third-order valence-electron chi connectivity index (χ3n) is 6.46. The van der Waals surface area contributed by atoms with Crippen LogP contribution >= 0.6 is 0 Å². The van der Waals surface area contributed by atoms with Crippen molar-refractivity contribution in [3.63, 3.8) is 0 Å². The second-order valence-corrected chi connectivity index (χ2v) is 8.17. The smallest absolute Gasteiger partial charge is 0.409 e. The fourth-order valence-corrected chi connectivity index (χ4v) is 4.93. The van der Waals surface area contributed by atoms with Gasteiger partial charge in [-0.1, -0.05) is 78.9 Å². The molecule has 0 spiro atoms. The van der Waals surface area contributed by atoms with E-state index in [0.717, 1.165) is 16.7 Å². The number of nitrogens with zero attached hydrogens (tertiary/aromatic N) is 1. The minimum Gasteiger partial charge on any atom is -0.481 e. The lowest BCUT2D eigenvalue weighted by Gasteiger charge is -2.19. The van der Waals surface area contributed by atoms with Crippen LogP contribution < -0.4 is 0 Å². The Morgan fingerprint density at radius 3 is 2.03 bits per heavy atom. The lowest BCUT2D eigenvalue weighted by atomic mass is 9.89. The zero-order valence-electron chi connectivity index (χ0n) is 17.0. The van der Waals surface area contributed by atoms with Gasteiger partial charge in [0.25, 0.3) is 0 Å². The Bertz CT molecular complexity index is 1080. The normalized spacial score (nSPS) is 19.7. The molecular formula is C26H23NO4. The van der Waals surface area contributed by atoms with Gasteiger partial charge in [-0.2, -0.15) is 0 Å². The van der Waals surface area contributed by atoms with Crippen molar-refractivity contribution in [1.82, 2.24) is 4.90 Å². The van der Waals surface area contributed by atoms with E-state index in [0.29, 0.717) is 6.54 Å². The van der Waals surface area contributed by atoms with Gasteiger partial charge in [-0.3, -0.25) is 4.79 Å². The number of aliphatic carboxylic acids is 1. The standard InChI is InChI=1S/C26H23NO4/c28-25(29)23-15-27(14-22(23)17-8-2-1-3-9-17)26(30)31-16-24-20-12-6-4-10-18(20)19-11-5-7-13-21(19)24/h1-13,22-24H,14-16H2,(H,28,29)/t22-,23-/m0/s1. The van der Waals surface area contributed by atoms with E-state index < -0.39 is 18.0 Å². The molecule has 5 nitrogen and oxygen atoms in total. The van der Waals surface area contributed by atoms with Gasteiger partial charge >= 0.3 is 12.1 Å². The van der Waals surface area contributed by atoms with Gasteiger partial charge in [0, 0.05) is 24.9 Å². The first-order valence-electron chi connectivity index (χ1n) is 10.5. The summed E-state index contributed by atoms with van der Waals surface area (Å²) < 4.78 is 5.73. The highest BCUT2D eigenvalue weighted by Crippen LogP contribution is 2.44. The van der Waals surface area contributed by atoms with E-state index in [9.17, 15) is 14.7 Å². The lowest BCUT2D eigenvalue weighted by Crippen LogP contribution is -2.31. The number of likely N-dealkylation sites (tertiary alicyclic amines) is 1. The van der Waals surface area contributed by atoms with Crippen LogP contribution in [0.1, 0.15) is 28.5 Å². The Kier molecular flexibility index (Phi) is 4.94. The Morgan fingerprint density at radius 1 is 0.839 bits per heavy atom. The van der Waals surface area contributed by atoms with Crippen LogP contribution in [0.4, 0.5) is 4.79 Å². The number of carboxylic acid groups (broad SMARTS) is 1. The molecule has 1 saturated heterocycles. The molecule has 0 saturated carbocycles. The molecule has 156 valence electrons. The maximum absolute atomic E-state index is 12.9. The summed E-state index contributed by atoms with van der Waals surface area (Å²) in [6, 6.07) is 25.9. The summed E-state index contributed by atoms with van der Waals surface area (Å²) >= 11 is 0. The molecule has 0 aromatic heterocycles. The quantitative estimate of drug-likeness (QED) is 0.671. The average Bonchev–Trinajstić information content (AvgIpc) is 3.39. The van der Waals surface area contributed by atoms with Crippen molar-refractivity contribution in [3.8, 4) is 11.1 Å². The van der Waals surface area contributed by atoms with Crippen LogP contribution in [0.2, 0.25) is 0 Å². The van der Waals surface area contributed by atoms with Crippen molar-refractivity contribution in [2.75, 3.05) is 19.7 Å². The predicted octanol–water partition coefficient (Wildman–Crippen LogP) is 4.74. The van der Waals surface area contributed by atoms with E-state index in [1.807, 2.05) is 54.6 Å². The second kappa shape index (κ2) is 7.91. The van der Waals surface area contributed by atoms with Crippen LogP contribution in [0, 0.1) is 5.92 Å². The first-order chi connectivity index (χ1) is 15.1. The Morgan fingerprint density at radius 2 is 1.42 bits per heavy atom. The maximum atomic E-state index is 12.9. The number of hydrogen-bond donors (Lipinski definition) is 1. The van der Waals surface area contributed by atoms with E-state index >= 15 is 0 Å². The summed E-state index contributed by atoms with van der Waals surface area (Å²) in [5.74, 6) is -1.77. The molecule has 31 heavy (non-hydrogen) atoms. The number of fused-ring (bicyclic) bond motifs is 3. The average molecular weight is 413 g/mol. The van der Waals surface area contributed by atoms with Crippen LogP contribution in [0.15, 0.2) is 78.9 Å². The predicted molar refractivity (Wildman–Crippen MR) is 117 cm³/mol. The third-order valence-corrected chi connectivity index (χ3v) is 6.46. The number of amides is 1. The van der Waals surface area contributed by atoms with Crippen LogP contribution in [0.5, 0.6) is 0 Å². The van der Waals surface area contributed by atoms with Crippen LogP contribution in [0.3, 0.4) is 0 Å². The van der Waals surface area contributed by atoms with E-state index in [1.165, 1.54) is 16.0 Å². The highest BCUT2D eigenvalue weighted by Gasteiger charge is 2.41. The monoisotopic (exact) mass is 413 g/mol. The molecule has 1 heterocycles. The fraction of sp³-hybridized carbons (Fsp3) is 0.231. The number of carboxylic acids is 1. The molecule has 2 atom stereocenters. The molecular weight excluding hydrogens is 390 g/mol. The first kappa shape index (κ1) is 19.4. The molecule has 0 radical (unpaired) electrons. The Balaban J connectivity index is 1.32. The molecule has 5 rings (SSSR count). The summed E-state index contributed by atoms with van der Waals surface area (Å²) in [5, 5.41) is 9.69. The summed E-state index contributed by atoms with van der Waals surface area (Å²) in [6.45, 7) is 0.736.